The molecular formula is C24H29N3O6S. The standard InChI is InChI=1S/C24H29N3O6S/c1-17-6-3-4-13-27(17)34(31,32)21-8-5-7-19(15-21)24(30)26-20-11-9-18(10-12-20)14-22(28)25-16-23(29)33-2/h5,7-12,15,17H,3-4,6,13-14,16H2,1-2H3,(H,25,28)(H,26,30). The van der Waals surface area contributed by atoms with Gasteiger partial charge in [-0.3, -0.25) is 14.4 Å². The van der Waals surface area contributed by atoms with Crippen LogP contribution in [0.5, 0.6) is 0 Å². The van der Waals surface area contributed by atoms with Crippen LogP contribution in [0.3, 0.4) is 0 Å². The molecule has 2 aromatic rings. The molecule has 34 heavy (non-hydrogen) atoms. The summed E-state index contributed by atoms with van der Waals surface area (Å²) in [6, 6.07) is 12.6. The lowest BCUT2D eigenvalue weighted by Gasteiger charge is -2.32. The number of nitrogens with zero attached hydrogens (tertiary/aromatic N) is 1. The molecular weight excluding hydrogens is 458 g/mol. The van der Waals surface area contributed by atoms with E-state index >= 15 is 0 Å². The Kier molecular flexibility index (Phi) is 8.41. The lowest BCUT2D eigenvalue weighted by molar-refractivity contribution is -0.141. The van der Waals surface area contributed by atoms with Gasteiger partial charge in [-0.25, -0.2) is 8.42 Å². The van der Waals surface area contributed by atoms with Crippen molar-refractivity contribution >= 4 is 33.5 Å². The van der Waals surface area contributed by atoms with Crippen LogP contribution >= 0.6 is 0 Å². The van der Waals surface area contributed by atoms with Crippen molar-refractivity contribution in [3.05, 3.63) is 59.7 Å². The van der Waals surface area contributed by atoms with E-state index in [4.69, 9.17) is 0 Å². The molecule has 9 nitrogen and oxygen atoms in total. The highest BCUT2D eigenvalue weighted by Gasteiger charge is 2.31. The van der Waals surface area contributed by atoms with Gasteiger partial charge < -0.3 is 15.4 Å². The maximum Gasteiger partial charge on any atom is 0.325 e. The van der Waals surface area contributed by atoms with Gasteiger partial charge in [-0.2, -0.15) is 4.31 Å². The molecule has 0 saturated carbocycles. The summed E-state index contributed by atoms with van der Waals surface area (Å²) in [7, 11) is -2.44. The average Bonchev–Trinajstić information content (AvgIpc) is 2.84. The van der Waals surface area contributed by atoms with E-state index in [9.17, 15) is 22.8 Å². The van der Waals surface area contributed by atoms with Crippen LogP contribution in [0.4, 0.5) is 5.69 Å². The second-order valence-corrected chi connectivity index (χ2v) is 10.1. The fourth-order valence-electron chi connectivity index (χ4n) is 3.76. The van der Waals surface area contributed by atoms with E-state index in [1.54, 1.807) is 36.4 Å². The van der Waals surface area contributed by atoms with Gasteiger partial charge in [-0.05, 0) is 55.7 Å². The van der Waals surface area contributed by atoms with Crippen molar-refractivity contribution in [2.45, 2.75) is 43.5 Å². The van der Waals surface area contributed by atoms with Gasteiger partial charge in [0.15, 0.2) is 0 Å². The van der Waals surface area contributed by atoms with E-state index in [1.807, 2.05) is 6.92 Å². The molecule has 2 amide bonds. The molecule has 1 saturated heterocycles. The second-order valence-electron chi connectivity index (χ2n) is 8.17. The molecule has 0 aliphatic carbocycles. The third-order valence-corrected chi connectivity index (χ3v) is 7.69. The summed E-state index contributed by atoms with van der Waals surface area (Å²) in [5, 5.41) is 5.20. The number of piperidine rings is 1. The minimum atomic E-state index is -3.68. The van der Waals surface area contributed by atoms with E-state index in [1.165, 1.54) is 23.5 Å². The van der Waals surface area contributed by atoms with Crippen molar-refractivity contribution in [3.8, 4) is 0 Å². The van der Waals surface area contributed by atoms with Gasteiger partial charge in [-0.1, -0.05) is 24.6 Å². The molecule has 3 rings (SSSR count). The predicted octanol–water partition coefficient (Wildman–Crippen LogP) is 2.33. The number of carbonyl (C=O) groups is 3. The first kappa shape index (κ1) is 25.4. The molecule has 0 radical (unpaired) electrons. The number of sulfonamides is 1. The van der Waals surface area contributed by atoms with Gasteiger partial charge in [0.25, 0.3) is 5.91 Å². The largest absolute Gasteiger partial charge is 0.468 e. The third kappa shape index (κ3) is 6.42. The van der Waals surface area contributed by atoms with Crippen LogP contribution in [-0.4, -0.2) is 56.7 Å². The van der Waals surface area contributed by atoms with Crippen LogP contribution in [0, 0.1) is 0 Å². The third-order valence-electron chi connectivity index (χ3n) is 5.68. The fraction of sp³-hybridized carbons (Fsp3) is 0.375. The van der Waals surface area contributed by atoms with Gasteiger partial charge in [0.05, 0.1) is 18.4 Å². The van der Waals surface area contributed by atoms with Crippen LogP contribution in [0.15, 0.2) is 53.4 Å². The van der Waals surface area contributed by atoms with E-state index in [2.05, 4.69) is 15.4 Å². The van der Waals surface area contributed by atoms with Gasteiger partial charge >= 0.3 is 5.97 Å². The summed E-state index contributed by atoms with van der Waals surface area (Å²) < 4.78 is 32.2. The first-order valence-electron chi connectivity index (χ1n) is 11.1. The number of benzene rings is 2. The zero-order valence-electron chi connectivity index (χ0n) is 19.2. The SMILES string of the molecule is COC(=O)CNC(=O)Cc1ccc(NC(=O)c2cccc(S(=O)(=O)N3CCCCC3C)c2)cc1. The smallest absolute Gasteiger partial charge is 0.325 e. The number of carbonyl (C=O) groups excluding carboxylic acids is 3. The number of rotatable bonds is 8. The van der Waals surface area contributed by atoms with Crippen LogP contribution in [0.25, 0.3) is 0 Å². The zero-order chi connectivity index (χ0) is 24.7. The molecule has 1 heterocycles. The minimum absolute atomic E-state index is 0.0695. The molecule has 1 fully saturated rings. The van der Waals surface area contributed by atoms with Crippen LogP contribution < -0.4 is 10.6 Å². The molecule has 1 aliphatic rings. The Morgan fingerprint density at radius 2 is 1.82 bits per heavy atom. The molecule has 0 spiro atoms. The number of ether oxygens (including phenoxy) is 1. The zero-order valence-corrected chi connectivity index (χ0v) is 20.1. The Hall–Kier alpha value is -3.24. The number of hydrogen-bond acceptors (Lipinski definition) is 6. The number of methoxy groups -OCH3 is 1. The van der Waals surface area contributed by atoms with Crippen molar-refractivity contribution < 1.29 is 27.5 Å². The summed E-state index contributed by atoms with van der Waals surface area (Å²) in [4.78, 5) is 35.8. The van der Waals surface area contributed by atoms with Gasteiger partial charge in [0.2, 0.25) is 15.9 Å². The molecule has 10 heteroatoms. The maximum atomic E-state index is 13.1. The molecule has 0 aromatic heterocycles. The summed E-state index contributed by atoms with van der Waals surface area (Å²) >= 11 is 0. The van der Waals surface area contributed by atoms with Crippen molar-refractivity contribution in [3.63, 3.8) is 0 Å². The van der Waals surface area contributed by atoms with Gasteiger partial charge in [-0.15, -0.1) is 0 Å². The quantitative estimate of drug-likeness (QED) is 0.551. The van der Waals surface area contributed by atoms with E-state index in [0.717, 1.165) is 19.3 Å². The summed E-state index contributed by atoms with van der Waals surface area (Å²) in [6.07, 6.45) is 2.72. The maximum absolute atomic E-state index is 13.1. The molecule has 0 bridgehead atoms. The number of esters is 1. The number of hydrogen-bond donors (Lipinski definition) is 2. The van der Waals surface area contributed by atoms with E-state index in [-0.39, 0.29) is 35.4 Å². The first-order chi connectivity index (χ1) is 16.2. The summed E-state index contributed by atoms with van der Waals surface area (Å²) in [6.45, 7) is 2.18. The Bertz CT molecular complexity index is 1150. The Morgan fingerprint density at radius 3 is 2.50 bits per heavy atom. The van der Waals surface area contributed by atoms with Crippen LogP contribution in [-0.2, 0) is 30.8 Å². The van der Waals surface area contributed by atoms with Crippen molar-refractivity contribution in [2.75, 3.05) is 25.5 Å². The summed E-state index contributed by atoms with van der Waals surface area (Å²) in [5.41, 5.74) is 1.43. The van der Waals surface area contributed by atoms with Crippen LogP contribution in [0.2, 0.25) is 0 Å². The van der Waals surface area contributed by atoms with Crippen molar-refractivity contribution in [1.29, 1.82) is 0 Å². The molecule has 182 valence electrons. The first-order valence-corrected chi connectivity index (χ1v) is 12.5. The van der Waals surface area contributed by atoms with Gasteiger partial charge in [0.1, 0.15) is 6.54 Å². The fourth-order valence-corrected chi connectivity index (χ4v) is 5.51. The number of nitrogens with one attached hydrogen (secondary N) is 2. The highest BCUT2D eigenvalue weighted by molar-refractivity contribution is 7.89. The number of amides is 2. The summed E-state index contributed by atoms with van der Waals surface area (Å²) in [5.74, 6) is -1.30. The van der Waals surface area contributed by atoms with E-state index in [0.29, 0.717) is 17.8 Å². The lowest BCUT2D eigenvalue weighted by atomic mass is 10.1. The van der Waals surface area contributed by atoms with E-state index < -0.39 is 21.9 Å². The Labute approximate surface area is 199 Å². The molecule has 1 atom stereocenters. The molecule has 2 N–H and O–H groups in total. The van der Waals surface area contributed by atoms with Crippen molar-refractivity contribution in [2.24, 2.45) is 0 Å². The average molecular weight is 488 g/mol. The highest BCUT2D eigenvalue weighted by atomic mass is 32.2. The Balaban J connectivity index is 1.64. The Morgan fingerprint density at radius 1 is 1.09 bits per heavy atom. The highest BCUT2D eigenvalue weighted by Crippen LogP contribution is 2.25. The molecule has 2 aromatic carbocycles. The second kappa shape index (κ2) is 11.3. The van der Waals surface area contributed by atoms with Crippen LogP contribution in [0.1, 0.15) is 42.1 Å². The lowest BCUT2D eigenvalue weighted by Crippen LogP contribution is -2.41. The molecule has 1 unspecified atom stereocenters. The predicted molar refractivity (Wildman–Crippen MR) is 127 cm³/mol. The minimum Gasteiger partial charge on any atom is -0.468 e. The molecule has 1 aliphatic heterocycles. The van der Waals surface area contributed by atoms with Crippen molar-refractivity contribution in [1.82, 2.24) is 9.62 Å². The monoisotopic (exact) mass is 487 g/mol. The topological polar surface area (TPSA) is 122 Å². The number of anilines is 1. The normalized spacial score (nSPS) is 16.5. The van der Waals surface area contributed by atoms with Gasteiger partial charge in [0, 0.05) is 23.8 Å².